The normalized spacial score (nSPS) is 44.2. The first-order chi connectivity index (χ1) is 5.43. The van der Waals surface area contributed by atoms with Gasteiger partial charge in [-0.15, -0.1) is 0 Å². The summed E-state index contributed by atoms with van der Waals surface area (Å²) < 4.78 is 0. The van der Waals surface area contributed by atoms with Gasteiger partial charge in [0.25, 0.3) is 0 Å². The molecule has 2 nitrogen and oxygen atoms in total. The Kier molecular flexibility index (Phi) is 1.09. The fourth-order valence-corrected chi connectivity index (χ4v) is 2.02. The van der Waals surface area contributed by atoms with Gasteiger partial charge >= 0.3 is 0 Å². The van der Waals surface area contributed by atoms with E-state index in [1.807, 2.05) is 0 Å². The maximum Gasteiger partial charge on any atom is 0.0441 e. The van der Waals surface area contributed by atoms with Crippen molar-refractivity contribution in [1.29, 1.82) is 0 Å². The number of hydrazone groups is 1. The van der Waals surface area contributed by atoms with Gasteiger partial charge in [-0.1, -0.05) is 0 Å². The zero-order chi connectivity index (χ0) is 7.26. The first-order valence-electron chi connectivity index (χ1n) is 4.75. The van der Waals surface area contributed by atoms with Crippen molar-refractivity contribution in [2.45, 2.75) is 38.1 Å². The Bertz CT molecular complexity index is 206. The Morgan fingerprint density at radius 1 is 1.27 bits per heavy atom. The summed E-state index contributed by atoms with van der Waals surface area (Å²) >= 11 is 0. The Labute approximate surface area is 67.1 Å². The summed E-state index contributed by atoms with van der Waals surface area (Å²) in [6.45, 7) is 0. The Morgan fingerprint density at radius 2 is 2.18 bits per heavy atom. The maximum absolute atomic E-state index is 4.47. The van der Waals surface area contributed by atoms with Crippen molar-refractivity contribution >= 4 is 5.71 Å². The molecule has 0 heterocycles. The van der Waals surface area contributed by atoms with Gasteiger partial charge in [-0.3, -0.25) is 0 Å². The van der Waals surface area contributed by atoms with Gasteiger partial charge in [0.15, 0.2) is 0 Å². The van der Waals surface area contributed by atoms with E-state index in [9.17, 15) is 0 Å². The lowest BCUT2D eigenvalue weighted by Gasteiger charge is -1.99. The van der Waals surface area contributed by atoms with Crippen molar-refractivity contribution in [3.63, 3.8) is 0 Å². The zero-order valence-electron chi connectivity index (χ0n) is 6.71. The van der Waals surface area contributed by atoms with Crippen LogP contribution in [0.3, 0.4) is 0 Å². The summed E-state index contributed by atoms with van der Waals surface area (Å²) in [4.78, 5) is 0. The number of nitrogens with zero attached hydrogens (tertiary/aromatic N) is 1. The predicted octanol–water partition coefficient (Wildman–Crippen LogP) is 1.52. The van der Waals surface area contributed by atoms with Crippen LogP contribution in [0.5, 0.6) is 0 Å². The third-order valence-corrected chi connectivity index (χ3v) is 3.09. The average Bonchev–Trinajstić information content (AvgIpc) is 2.89. The van der Waals surface area contributed by atoms with Crippen LogP contribution >= 0.6 is 0 Å². The summed E-state index contributed by atoms with van der Waals surface area (Å²) in [5, 5.41) is 4.47. The van der Waals surface area contributed by atoms with E-state index in [4.69, 9.17) is 0 Å². The quantitative estimate of drug-likeness (QED) is 0.593. The summed E-state index contributed by atoms with van der Waals surface area (Å²) in [5.41, 5.74) is 4.72. The summed E-state index contributed by atoms with van der Waals surface area (Å²) in [6.07, 6.45) is 6.80. The van der Waals surface area contributed by atoms with Gasteiger partial charge in [0.1, 0.15) is 0 Å². The van der Waals surface area contributed by atoms with E-state index in [0.29, 0.717) is 0 Å². The molecule has 1 N–H and O–H groups in total. The molecule has 0 amide bonds. The van der Waals surface area contributed by atoms with Crippen LogP contribution in [0.2, 0.25) is 0 Å². The molecule has 0 radical (unpaired) electrons. The molecule has 0 spiro atoms. The van der Waals surface area contributed by atoms with Gasteiger partial charge in [-0.05, 0) is 38.0 Å². The average molecular weight is 150 g/mol. The Balaban J connectivity index is 1.62. The van der Waals surface area contributed by atoms with Crippen LogP contribution in [0.4, 0.5) is 0 Å². The monoisotopic (exact) mass is 150 g/mol. The molecule has 2 heteroatoms. The van der Waals surface area contributed by atoms with Crippen LogP contribution in [-0.4, -0.2) is 11.8 Å². The number of hydrogen-bond donors (Lipinski definition) is 1. The van der Waals surface area contributed by atoms with E-state index in [2.05, 4.69) is 10.5 Å². The Morgan fingerprint density at radius 3 is 2.73 bits per heavy atom. The minimum absolute atomic E-state index is 0.736. The third kappa shape index (κ3) is 1.05. The minimum Gasteiger partial charge on any atom is -0.307 e. The van der Waals surface area contributed by atoms with Crippen LogP contribution in [0, 0.1) is 11.8 Å². The maximum atomic E-state index is 4.47. The summed E-state index contributed by atoms with van der Waals surface area (Å²) in [7, 11) is 0. The lowest BCUT2D eigenvalue weighted by Crippen LogP contribution is -2.12. The molecule has 0 saturated heterocycles. The highest BCUT2D eigenvalue weighted by Gasteiger charge is 2.45. The SMILES string of the molecule is C1C[C@H]2C[C@H]2/C1=N/NC1CC1. The molecule has 3 rings (SSSR count). The van der Waals surface area contributed by atoms with Gasteiger partial charge in [0.05, 0.1) is 0 Å². The van der Waals surface area contributed by atoms with Crippen molar-refractivity contribution in [3.8, 4) is 0 Å². The fraction of sp³-hybridized carbons (Fsp3) is 0.889. The molecule has 60 valence electrons. The van der Waals surface area contributed by atoms with Crippen LogP contribution < -0.4 is 5.43 Å². The van der Waals surface area contributed by atoms with Crippen molar-refractivity contribution in [3.05, 3.63) is 0 Å². The van der Waals surface area contributed by atoms with Crippen LogP contribution in [0.25, 0.3) is 0 Å². The van der Waals surface area contributed by atoms with Crippen LogP contribution in [0.15, 0.2) is 5.10 Å². The van der Waals surface area contributed by atoms with Gasteiger partial charge in [0, 0.05) is 17.7 Å². The fourth-order valence-electron chi connectivity index (χ4n) is 2.02. The van der Waals surface area contributed by atoms with Crippen molar-refractivity contribution < 1.29 is 0 Å². The van der Waals surface area contributed by atoms with E-state index >= 15 is 0 Å². The van der Waals surface area contributed by atoms with E-state index in [-0.39, 0.29) is 0 Å². The summed E-state index contributed by atoms with van der Waals surface area (Å²) in [5.74, 6) is 1.94. The molecule has 3 saturated carbocycles. The van der Waals surface area contributed by atoms with Crippen LogP contribution in [-0.2, 0) is 0 Å². The van der Waals surface area contributed by atoms with Gasteiger partial charge in [-0.2, -0.15) is 5.10 Å². The van der Waals surface area contributed by atoms with E-state index in [1.165, 1.54) is 37.8 Å². The molecule has 11 heavy (non-hydrogen) atoms. The second kappa shape index (κ2) is 1.99. The molecule has 0 unspecified atom stereocenters. The molecule has 0 aromatic carbocycles. The van der Waals surface area contributed by atoms with Crippen LogP contribution in [0.1, 0.15) is 32.1 Å². The molecular weight excluding hydrogens is 136 g/mol. The molecule has 3 aliphatic carbocycles. The van der Waals surface area contributed by atoms with Crippen molar-refractivity contribution in [1.82, 2.24) is 5.43 Å². The number of rotatable bonds is 2. The van der Waals surface area contributed by atoms with E-state index < -0.39 is 0 Å². The predicted molar refractivity (Wildman–Crippen MR) is 44.4 cm³/mol. The smallest absolute Gasteiger partial charge is 0.0441 e. The first-order valence-corrected chi connectivity index (χ1v) is 4.75. The number of nitrogens with one attached hydrogen (secondary N) is 1. The molecule has 3 fully saturated rings. The second-order valence-corrected chi connectivity index (χ2v) is 4.15. The molecule has 3 aliphatic rings. The second-order valence-electron chi connectivity index (χ2n) is 4.15. The van der Waals surface area contributed by atoms with Crippen molar-refractivity contribution in [2.24, 2.45) is 16.9 Å². The molecule has 0 aliphatic heterocycles. The van der Waals surface area contributed by atoms with Crippen molar-refractivity contribution in [2.75, 3.05) is 0 Å². The number of hydrogen-bond acceptors (Lipinski definition) is 2. The number of fused-ring (bicyclic) bond motifs is 1. The highest BCUT2D eigenvalue weighted by atomic mass is 15.3. The highest BCUT2D eigenvalue weighted by Crippen LogP contribution is 2.49. The largest absolute Gasteiger partial charge is 0.307 e. The lowest BCUT2D eigenvalue weighted by molar-refractivity contribution is 0.729. The standard InChI is InChI=1S/C9H14N2/c1-4-9(8-5-6(1)8)11-10-7-2-3-7/h6-8,10H,1-5H2/b11-9+/t6-,8+/m0/s1. The molecule has 0 aromatic heterocycles. The summed E-state index contributed by atoms with van der Waals surface area (Å²) in [6, 6.07) is 0.736. The topological polar surface area (TPSA) is 24.4 Å². The lowest BCUT2D eigenvalue weighted by atomic mass is 10.2. The minimum atomic E-state index is 0.736. The molecule has 2 atom stereocenters. The van der Waals surface area contributed by atoms with Gasteiger partial charge in [0.2, 0.25) is 0 Å². The Hall–Kier alpha value is -0.530. The van der Waals surface area contributed by atoms with E-state index in [1.54, 1.807) is 0 Å². The van der Waals surface area contributed by atoms with E-state index in [0.717, 1.165) is 17.9 Å². The molecular formula is C9H14N2. The first kappa shape index (κ1) is 6.04. The highest BCUT2D eigenvalue weighted by molar-refractivity contribution is 5.91. The van der Waals surface area contributed by atoms with Gasteiger partial charge in [-0.25, -0.2) is 0 Å². The third-order valence-electron chi connectivity index (χ3n) is 3.09. The molecule has 0 bridgehead atoms. The zero-order valence-corrected chi connectivity index (χ0v) is 6.71. The molecule has 0 aromatic rings. The van der Waals surface area contributed by atoms with Gasteiger partial charge < -0.3 is 5.43 Å².